The average Bonchev–Trinajstić information content (AvgIpc) is 3.06. The quantitative estimate of drug-likeness (QED) is 0.687. The molecular weight excluding hydrogens is 268 g/mol. The average molecular weight is 284 g/mol. The lowest BCUT2D eigenvalue weighted by atomic mass is 10.2. The van der Waals surface area contributed by atoms with E-state index in [0.717, 1.165) is 16.6 Å². The maximum absolute atomic E-state index is 11.6. The SMILES string of the molecule is CCOC(=O)c1cnn(Cc2nn(C)c3ccccc23)c1. The predicted octanol–water partition coefficient (Wildman–Crippen LogP) is 1.99. The molecular formula is C15H16N4O2. The Hall–Kier alpha value is -2.63. The summed E-state index contributed by atoms with van der Waals surface area (Å²) in [6, 6.07) is 8.04. The zero-order valence-corrected chi connectivity index (χ0v) is 12.0. The molecule has 0 spiro atoms. The summed E-state index contributed by atoms with van der Waals surface area (Å²) >= 11 is 0. The number of aryl methyl sites for hydroxylation is 1. The zero-order chi connectivity index (χ0) is 14.8. The van der Waals surface area contributed by atoms with Gasteiger partial charge in [-0.3, -0.25) is 9.36 Å². The Bertz CT molecular complexity index is 788. The third-order valence-electron chi connectivity index (χ3n) is 3.29. The first-order valence-corrected chi connectivity index (χ1v) is 6.79. The van der Waals surface area contributed by atoms with E-state index in [2.05, 4.69) is 10.2 Å². The molecule has 3 aromatic rings. The van der Waals surface area contributed by atoms with Gasteiger partial charge in [-0.2, -0.15) is 10.2 Å². The first kappa shape index (κ1) is 13.4. The molecule has 3 rings (SSSR count). The van der Waals surface area contributed by atoms with E-state index in [-0.39, 0.29) is 5.97 Å². The van der Waals surface area contributed by atoms with Crippen molar-refractivity contribution in [3.8, 4) is 0 Å². The second kappa shape index (κ2) is 5.40. The number of aromatic nitrogens is 4. The lowest BCUT2D eigenvalue weighted by Gasteiger charge is -1.99. The summed E-state index contributed by atoms with van der Waals surface area (Å²) in [6.45, 7) is 2.65. The number of fused-ring (bicyclic) bond motifs is 1. The van der Waals surface area contributed by atoms with Crippen LogP contribution in [0.3, 0.4) is 0 Å². The number of hydrogen-bond acceptors (Lipinski definition) is 4. The van der Waals surface area contributed by atoms with Crippen molar-refractivity contribution in [3.05, 3.63) is 47.9 Å². The van der Waals surface area contributed by atoms with Crippen molar-refractivity contribution in [1.29, 1.82) is 0 Å². The molecule has 2 heterocycles. The summed E-state index contributed by atoms with van der Waals surface area (Å²) in [6.07, 6.45) is 3.20. The molecule has 21 heavy (non-hydrogen) atoms. The number of carbonyl (C=O) groups excluding carboxylic acids is 1. The molecule has 0 atom stereocenters. The van der Waals surface area contributed by atoms with Gasteiger partial charge in [0.2, 0.25) is 0 Å². The van der Waals surface area contributed by atoms with Crippen molar-refractivity contribution in [3.63, 3.8) is 0 Å². The van der Waals surface area contributed by atoms with Gasteiger partial charge >= 0.3 is 5.97 Å². The minimum absolute atomic E-state index is 0.352. The Morgan fingerprint density at radius 3 is 2.95 bits per heavy atom. The van der Waals surface area contributed by atoms with Crippen molar-refractivity contribution >= 4 is 16.9 Å². The van der Waals surface area contributed by atoms with Crippen LogP contribution in [-0.2, 0) is 18.3 Å². The maximum atomic E-state index is 11.6. The zero-order valence-electron chi connectivity index (χ0n) is 12.0. The van der Waals surface area contributed by atoms with Gasteiger partial charge in [-0.25, -0.2) is 4.79 Å². The van der Waals surface area contributed by atoms with Crippen molar-refractivity contribution in [1.82, 2.24) is 19.6 Å². The van der Waals surface area contributed by atoms with E-state index >= 15 is 0 Å². The van der Waals surface area contributed by atoms with Crippen LogP contribution in [0.25, 0.3) is 10.9 Å². The highest BCUT2D eigenvalue weighted by Crippen LogP contribution is 2.18. The van der Waals surface area contributed by atoms with Crippen LogP contribution in [0, 0.1) is 0 Å². The highest BCUT2D eigenvalue weighted by atomic mass is 16.5. The van der Waals surface area contributed by atoms with Crippen LogP contribution in [0.1, 0.15) is 23.0 Å². The summed E-state index contributed by atoms with van der Waals surface area (Å²) in [4.78, 5) is 11.6. The van der Waals surface area contributed by atoms with Gasteiger partial charge in [-0.05, 0) is 13.0 Å². The lowest BCUT2D eigenvalue weighted by molar-refractivity contribution is 0.0526. The number of esters is 1. The maximum Gasteiger partial charge on any atom is 0.341 e. The number of rotatable bonds is 4. The number of benzene rings is 1. The number of ether oxygens (including phenoxy) is 1. The number of nitrogens with zero attached hydrogens (tertiary/aromatic N) is 4. The predicted molar refractivity (Wildman–Crippen MR) is 78.0 cm³/mol. The first-order valence-electron chi connectivity index (χ1n) is 6.79. The molecule has 0 amide bonds. The fraction of sp³-hybridized carbons (Fsp3) is 0.267. The Kier molecular flexibility index (Phi) is 3.43. The van der Waals surface area contributed by atoms with Crippen LogP contribution in [0.4, 0.5) is 0 Å². The molecule has 0 aliphatic heterocycles. The minimum atomic E-state index is -0.352. The molecule has 108 valence electrons. The van der Waals surface area contributed by atoms with Crippen LogP contribution >= 0.6 is 0 Å². The molecule has 0 fully saturated rings. The molecule has 6 heteroatoms. The number of carbonyl (C=O) groups is 1. The van der Waals surface area contributed by atoms with Crippen molar-refractivity contribution in [2.75, 3.05) is 6.61 Å². The third-order valence-corrected chi connectivity index (χ3v) is 3.29. The van der Waals surface area contributed by atoms with Gasteiger partial charge < -0.3 is 4.74 Å². The van der Waals surface area contributed by atoms with E-state index in [4.69, 9.17) is 4.74 Å². The van der Waals surface area contributed by atoms with E-state index in [1.807, 2.05) is 36.0 Å². The summed E-state index contributed by atoms with van der Waals surface area (Å²) in [7, 11) is 1.92. The molecule has 0 radical (unpaired) electrons. The molecule has 0 saturated heterocycles. The van der Waals surface area contributed by atoms with Gasteiger partial charge in [0, 0.05) is 18.6 Å². The summed E-state index contributed by atoms with van der Waals surface area (Å²) in [5.41, 5.74) is 2.45. The Balaban J connectivity index is 1.87. The molecule has 0 saturated carbocycles. The van der Waals surface area contributed by atoms with Gasteiger partial charge in [0.25, 0.3) is 0 Å². The largest absolute Gasteiger partial charge is 0.462 e. The molecule has 0 aliphatic rings. The molecule has 0 N–H and O–H groups in total. The van der Waals surface area contributed by atoms with Crippen LogP contribution in [0.15, 0.2) is 36.7 Å². The van der Waals surface area contributed by atoms with Crippen LogP contribution in [-0.4, -0.2) is 32.1 Å². The lowest BCUT2D eigenvalue weighted by Crippen LogP contribution is -2.04. The van der Waals surface area contributed by atoms with E-state index < -0.39 is 0 Å². The van der Waals surface area contributed by atoms with Gasteiger partial charge in [-0.1, -0.05) is 18.2 Å². The smallest absolute Gasteiger partial charge is 0.341 e. The highest BCUT2D eigenvalue weighted by molar-refractivity contribution is 5.88. The van der Waals surface area contributed by atoms with E-state index in [1.165, 1.54) is 6.20 Å². The molecule has 1 aromatic carbocycles. The number of para-hydroxylation sites is 1. The van der Waals surface area contributed by atoms with Gasteiger partial charge in [0.1, 0.15) is 0 Å². The summed E-state index contributed by atoms with van der Waals surface area (Å²) < 4.78 is 8.50. The fourth-order valence-corrected chi connectivity index (χ4v) is 2.33. The summed E-state index contributed by atoms with van der Waals surface area (Å²) in [5, 5.41) is 9.80. The van der Waals surface area contributed by atoms with Crippen molar-refractivity contribution in [2.45, 2.75) is 13.5 Å². The van der Waals surface area contributed by atoms with E-state index in [1.54, 1.807) is 17.8 Å². The molecule has 0 aliphatic carbocycles. The highest BCUT2D eigenvalue weighted by Gasteiger charge is 2.12. The van der Waals surface area contributed by atoms with Crippen molar-refractivity contribution < 1.29 is 9.53 Å². The Morgan fingerprint density at radius 1 is 1.33 bits per heavy atom. The Labute approximate surface area is 121 Å². The van der Waals surface area contributed by atoms with Gasteiger partial charge in [0.05, 0.1) is 36.1 Å². The number of hydrogen-bond donors (Lipinski definition) is 0. The van der Waals surface area contributed by atoms with E-state index in [0.29, 0.717) is 18.7 Å². The van der Waals surface area contributed by atoms with E-state index in [9.17, 15) is 4.79 Å². The van der Waals surface area contributed by atoms with Crippen LogP contribution < -0.4 is 0 Å². The summed E-state index contributed by atoms with van der Waals surface area (Å²) in [5.74, 6) is -0.352. The molecule has 0 unspecified atom stereocenters. The second-order valence-corrected chi connectivity index (χ2v) is 4.73. The van der Waals surface area contributed by atoms with Crippen LogP contribution in [0.2, 0.25) is 0 Å². The molecule has 2 aromatic heterocycles. The standard InChI is InChI=1S/C15H16N4O2/c1-3-21-15(20)11-8-16-19(9-11)10-13-12-6-4-5-7-14(12)18(2)17-13/h4-9H,3,10H2,1-2H3. The molecule has 0 bridgehead atoms. The molecule has 6 nitrogen and oxygen atoms in total. The monoisotopic (exact) mass is 284 g/mol. The topological polar surface area (TPSA) is 61.9 Å². The van der Waals surface area contributed by atoms with Crippen molar-refractivity contribution in [2.24, 2.45) is 7.05 Å². The third kappa shape index (κ3) is 2.52. The minimum Gasteiger partial charge on any atom is -0.462 e. The van der Waals surface area contributed by atoms with Gasteiger partial charge in [0.15, 0.2) is 0 Å². The normalized spacial score (nSPS) is 11.0. The fourth-order valence-electron chi connectivity index (χ4n) is 2.33. The Morgan fingerprint density at radius 2 is 2.14 bits per heavy atom. The van der Waals surface area contributed by atoms with Gasteiger partial charge in [-0.15, -0.1) is 0 Å². The van der Waals surface area contributed by atoms with Crippen LogP contribution in [0.5, 0.6) is 0 Å². The first-order chi connectivity index (χ1) is 10.2. The second-order valence-electron chi connectivity index (χ2n) is 4.73.